The molecule has 1 aromatic heterocycles. The average Bonchev–Trinajstić information content (AvgIpc) is 3.61. The van der Waals surface area contributed by atoms with Crippen LogP contribution in [0.1, 0.15) is 23.3 Å². The zero-order chi connectivity index (χ0) is 21.7. The first-order valence-corrected chi connectivity index (χ1v) is 12.0. The Hall–Kier alpha value is -3.38. The fourth-order valence-corrected chi connectivity index (χ4v) is 5.77. The molecule has 3 aliphatic rings. The van der Waals surface area contributed by atoms with Crippen molar-refractivity contribution in [3.8, 4) is 0 Å². The number of carbonyl (C=O) groups is 2. The minimum Gasteiger partial charge on any atom is -0.372 e. The van der Waals surface area contributed by atoms with Crippen LogP contribution in [0.3, 0.4) is 0 Å². The van der Waals surface area contributed by atoms with Gasteiger partial charge in [-0.2, -0.15) is 0 Å². The molecule has 4 heterocycles. The number of imide groups is 1. The molecule has 0 radical (unpaired) electrons. The Labute approximate surface area is 191 Å². The second-order valence-corrected chi connectivity index (χ2v) is 9.34. The molecule has 0 bridgehead atoms. The minimum absolute atomic E-state index is 0.245. The molecule has 0 N–H and O–H groups in total. The molecule has 0 atom stereocenters. The van der Waals surface area contributed by atoms with E-state index in [1.165, 1.54) is 34.6 Å². The number of nitrogens with zero attached hydrogens (tertiary/aromatic N) is 3. The van der Waals surface area contributed by atoms with E-state index in [0.717, 1.165) is 35.8 Å². The maximum Gasteiger partial charge on any atom is 0.282 e. The van der Waals surface area contributed by atoms with E-state index in [2.05, 4.69) is 11.0 Å². The van der Waals surface area contributed by atoms with E-state index in [-0.39, 0.29) is 11.8 Å². The molecule has 0 unspecified atom stereocenters. The van der Waals surface area contributed by atoms with Crippen molar-refractivity contribution in [3.63, 3.8) is 0 Å². The lowest BCUT2D eigenvalue weighted by Crippen LogP contribution is -2.34. The molecule has 0 aliphatic carbocycles. The molecule has 2 aromatic carbocycles. The van der Waals surface area contributed by atoms with Gasteiger partial charge in [-0.25, -0.2) is 4.90 Å². The van der Waals surface area contributed by atoms with Crippen LogP contribution in [-0.2, 0) is 16.0 Å². The Morgan fingerprint density at radius 2 is 1.50 bits per heavy atom. The minimum atomic E-state index is -0.246. The SMILES string of the molecule is O=C1C(c2cccs2)=C(N2CCc3ccccc32)C(=O)N1c1ccc(N2CCCC2)cc1. The Morgan fingerprint density at radius 3 is 2.25 bits per heavy atom. The monoisotopic (exact) mass is 441 g/mol. The Kier molecular flexibility index (Phi) is 4.61. The first kappa shape index (κ1) is 19.3. The largest absolute Gasteiger partial charge is 0.372 e. The van der Waals surface area contributed by atoms with Gasteiger partial charge in [0.1, 0.15) is 5.70 Å². The molecule has 6 rings (SSSR count). The summed E-state index contributed by atoms with van der Waals surface area (Å²) in [5.74, 6) is -0.491. The Bertz CT molecular complexity index is 1220. The molecular formula is C26H23N3O2S. The lowest BCUT2D eigenvalue weighted by atomic mass is 10.1. The van der Waals surface area contributed by atoms with Gasteiger partial charge in [0, 0.05) is 35.9 Å². The quantitative estimate of drug-likeness (QED) is 0.551. The topological polar surface area (TPSA) is 43.9 Å². The predicted octanol–water partition coefficient (Wildman–Crippen LogP) is 4.70. The number of anilines is 3. The van der Waals surface area contributed by atoms with Crippen LogP contribution in [-0.4, -0.2) is 31.4 Å². The second kappa shape index (κ2) is 7.64. The van der Waals surface area contributed by atoms with Crippen molar-refractivity contribution in [3.05, 3.63) is 82.2 Å². The summed E-state index contributed by atoms with van der Waals surface area (Å²) < 4.78 is 0. The van der Waals surface area contributed by atoms with Gasteiger partial charge in [0.05, 0.1) is 11.3 Å². The number of carbonyl (C=O) groups excluding carboxylic acids is 2. The van der Waals surface area contributed by atoms with E-state index in [1.807, 2.05) is 64.9 Å². The van der Waals surface area contributed by atoms with Crippen LogP contribution < -0.4 is 14.7 Å². The Morgan fingerprint density at radius 1 is 0.750 bits per heavy atom. The lowest BCUT2D eigenvalue weighted by molar-refractivity contribution is -0.120. The highest BCUT2D eigenvalue weighted by Gasteiger charge is 2.44. The Balaban J connectivity index is 1.41. The third-order valence-corrected chi connectivity index (χ3v) is 7.45. The highest BCUT2D eigenvalue weighted by Crippen LogP contribution is 2.41. The van der Waals surface area contributed by atoms with Gasteiger partial charge in [0.15, 0.2) is 0 Å². The molecule has 5 nitrogen and oxygen atoms in total. The van der Waals surface area contributed by atoms with Crippen LogP contribution in [0.15, 0.2) is 71.7 Å². The zero-order valence-corrected chi connectivity index (χ0v) is 18.5. The number of hydrogen-bond acceptors (Lipinski definition) is 5. The summed E-state index contributed by atoms with van der Waals surface area (Å²) in [7, 11) is 0. The maximum absolute atomic E-state index is 13.8. The van der Waals surface area contributed by atoms with Crippen molar-refractivity contribution in [2.24, 2.45) is 0 Å². The standard InChI is InChI=1S/C26H23N3O2S/c30-25-23(22-8-5-17-32-22)24(28-16-13-18-6-1-2-7-21(18)28)26(31)29(25)20-11-9-19(10-12-20)27-14-3-4-15-27/h1-2,5-12,17H,3-4,13-16H2. The zero-order valence-electron chi connectivity index (χ0n) is 17.7. The molecule has 2 amide bonds. The van der Waals surface area contributed by atoms with E-state index in [1.54, 1.807) is 0 Å². The smallest absolute Gasteiger partial charge is 0.282 e. The van der Waals surface area contributed by atoms with Crippen molar-refractivity contribution in [2.45, 2.75) is 19.3 Å². The van der Waals surface area contributed by atoms with Crippen LogP contribution in [0, 0.1) is 0 Å². The summed E-state index contributed by atoms with van der Waals surface area (Å²) in [5, 5.41) is 1.95. The highest BCUT2D eigenvalue weighted by atomic mass is 32.1. The number of thiophene rings is 1. The average molecular weight is 442 g/mol. The summed E-state index contributed by atoms with van der Waals surface area (Å²) in [4.78, 5) is 34.0. The molecular weight excluding hydrogens is 418 g/mol. The fourth-order valence-electron chi connectivity index (χ4n) is 5.00. The van der Waals surface area contributed by atoms with Crippen molar-refractivity contribution in [2.75, 3.05) is 34.3 Å². The van der Waals surface area contributed by atoms with Crippen LogP contribution in [0.4, 0.5) is 17.1 Å². The third-order valence-electron chi connectivity index (χ3n) is 6.56. The van der Waals surface area contributed by atoms with Gasteiger partial charge in [-0.1, -0.05) is 24.3 Å². The normalized spacial score (nSPS) is 18.3. The summed E-state index contributed by atoms with van der Waals surface area (Å²) in [5.41, 5.74) is 4.99. The van der Waals surface area contributed by atoms with E-state index in [4.69, 9.17) is 0 Å². The number of rotatable bonds is 4. The van der Waals surface area contributed by atoms with Crippen molar-refractivity contribution in [1.29, 1.82) is 0 Å². The van der Waals surface area contributed by atoms with Gasteiger partial charge >= 0.3 is 0 Å². The van der Waals surface area contributed by atoms with Gasteiger partial charge in [0.2, 0.25) is 0 Å². The van der Waals surface area contributed by atoms with E-state index >= 15 is 0 Å². The third kappa shape index (κ3) is 2.98. The highest BCUT2D eigenvalue weighted by molar-refractivity contribution is 7.11. The van der Waals surface area contributed by atoms with E-state index in [9.17, 15) is 9.59 Å². The number of hydrogen-bond donors (Lipinski definition) is 0. The number of para-hydroxylation sites is 1. The summed E-state index contributed by atoms with van der Waals surface area (Å²) >= 11 is 1.50. The number of fused-ring (bicyclic) bond motifs is 1. The van der Waals surface area contributed by atoms with Crippen LogP contribution in [0.25, 0.3) is 5.57 Å². The molecule has 3 aliphatic heterocycles. The van der Waals surface area contributed by atoms with E-state index in [0.29, 0.717) is 23.5 Å². The van der Waals surface area contributed by atoms with Crippen LogP contribution >= 0.6 is 11.3 Å². The molecule has 160 valence electrons. The van der Waals surface area contributed by atoms with Crippen LogP contribution in [0.5, 0.6) is 0 Å². The van der Waals surface area contributed by atoms with Gasteiger partial charge in [-0.15, -0.1) is 11.3 Å². The summed E-state index contributed by atoms with van der Waals surface area (Å²) in [6.07, 6.45) is 3.28. The van der Waals surface area contributed by atoms with Crippen molar-refractivity contribution < 1.29 is 9.59 Å². The fraction of sp³-hybridized carbons (Fsp3) is 0.231. The predicted molar refractivity (Wildman–Crippen MR) is 129 cm³/mol. The first-order valence-electron chi connectivity index (χ1n) is 11.1. The molecule has 1 fully saturated rings. The molecule has 6 heteroatoms. The number of benzene rings is 2. The first-order chi connectivity index (χ1) is 15.7. The summed E-state index contributed by atoms with van der Waals surface area (Å²) in [6.45, 7) is 2.82. The second-order valence-electron chi connectivity index (χ2n) is 8.39. The molecule has 0 saturated carbocycles. The van der Waals surface area contributed by atoms with Gasteiger partial charge < -0.3 is 9.80 Å². The maximum atomic E-state index is 13.8. The van der Waals surface area contributed by atoms with E-state index < -0.39 is 0 Å². The molecule has 0 spiro atoms. The number of amides is 2. The van der Waals surface area contributed by atoms with Crippen LogP contribution in [0.2, 0.25) is 0 Å². The van der Waals surface area contributed by atoms with Gasteiger partial charge in [0.25, 0.3) is 11.8 Å². The van der Waals surface area contributed by atoms with Crippen molar-refractivity contribution >= 4 is 45.8 Å². The van der Waals surface area contributed by atoms with Crippen molar-refractivity contribution in [1.82, 2.24) is 0 Å². The lowest BCUT2D eigenvalue weighted by Gasteiger charge is -2.22. The summed E-state index contributed by atoms with van der Waals surface area (Å²) in [6, 6.07) is 19.8. The molecule has 32 heavy (non-hydrogen) atoms. The van der Waals surface area contributed by atoms with Gasteiger partial charge in [-0.3, -0.25) is 9.59 Å². The van der Waals surface area contributed by atoms with Gasteiger partial charge in [-0.05, 0) is 66.6 Å². The molecule has 1 saturated heterocycles. The molecule has 3 aromatic rings.